The Morgan fingerprint density at radius 2 is 1.80 bits per heavy atom. The predicted octanol–water partition coefficient (Wildman–Crippen LogP) is -0.290. The number of aliphatic carboxylic acids is 1. The van der Waals surface area contributed by atoms with E-state index < -0.39 is 5.97 Å². The van der Waals surface area contributed by atoms with Crippen LogP contribution in [0.1, 0.15) is 6.92 Å². The van der Waals surface area contributed by atoms with Crippen molar-refractivity contribution in [3.05, 3.63) is 0 Å². The summed E-state index contributed by atoms with van der Waals surface area (Å²) in [5.41, 5.74) is 0. The third kappa shape index (κ3) is 123. The molecule has 0 bridgehead atoms. The van der Waals surface area contributed by atoms with Crippen molar-refractivity contribution in [2.45, 2.75) is 6.92 Å². The van der Waals surface area contributed by atoms with E-state index in [0.717, 1.165) is 6.92 Å². The van der Waals surface area contributed by atoms with Crippen LogP contribution in [-0.4, -0.2) is 40.6 Å². The second kappa shape index (κ2) is 4.47. The first kappa shape index (κ1) is 9.08. The van der Waals surface area contributed by atoms with Gasteiger partial charge in [0, 0.05) is 36.5 Å². The third-order valence-corrected chi connectivity index (χ3v) is 0. The number of carboxylic acids is 1. The molecule has 0 heterocycles. The van der Waals surface area contributed by atoms with Gasteiger partial charge in [0.15, 0.2) is 0 Å². The van der Waals surface area contributed by atoms with Crippen molar-refractivity contribution in [3.8, 4) is 0 Å². The number of carbonyl (C=O) groups is 1. The summed E-state index contributed by atoms with van der Waals surface area (Å²) < 4.78 is 0. The number of hydrogen-bond donors (Lipinski definition) is 1. The molecule has 25 valence electrons. The Morgan fingerprint density at radius 3 is 1.80 bits per heavy atom. The number of carboxylic acid groups (broad SMARTS) is 1. The Balaban J connectivity index is 0. The molecule has 0 unspecified atom stereocenters. The molecular formula is C2H4NaO2. The van der Waals surface area contributed by atoms with E-state index in [-0.39, 0.29) is 29.6 Å². The number of rotatable bonds is 0. The molecule has 0 amide bonds. The molecule has 0 spiro atoms. The fourth-order valence-electron chi connectivity index (χ4n) is 0. The van der Waals surface area contributed by atoms with Gasteiger partial charge in [0.1, 0.15) is 0 Å². The van der Waals surface area contributed by atoms with Gasteiger partial charge in [-0.25, -0.2) is 0 Å². The first-order valence-corrected chi connectivity index (χ1v) is 0.928. The Hall–Kier alpha value is 0.470. The van der Waals surface area contributed by atoms with Crippen molar-refractivity contribution in [1.29, 1.82) is 0 Å². The Labute approximate surface area is 52.5 Å². The molecule has 0 saturated carbocycles. The van der Waals surface area contributed by atoms with Gasteiger partial charge in [0.2, 0.25) is 0 Å². The summed E-state index contributed by atoms with van der Waals surface area (Å²) in [5, 5.41) is 7.42. The molecule has 0 fully saturated rings. The Morgan fingerprint density at radius 1 is 1.80 bits per heavy atom. The first-order valence-electron chi connectivity index (χ1n) is 0.928. The molecule has 0 aromatic heterocycles. The topological polar surface area (TPSA) is 37.3 Å². The summed E-state index contributed by atoms with van der Waals surface area (Å²) in [7, 11) is 0. The molecule has 2 nitrogen and oxygen atoms in total. The third-order valence-electron chi connectivity index (χ3n) is 0. The first-order chi connectivity index (χ1) is 1.73. The van der Waals surface area contributed by atoms with Crippen molar-refractivity contribution >= 4 is 35.5 Å². The maximum atomic E-state index is 9.00. The second-order valence-electron chi connectivity index (χ2n) is 0.519. The quantitative estimate of drug-likeness (QED) is 0.408. The van der Waals surface area contributed by atoms with Crippen molar-refractivity contribution < 1.29 is 9.90 Å². The van der Waals surface area contributed by atoms with Crippen LogP contribution in [0, 0.1) is 0 Å². The van der Waals surface area contributed by atoms with Gasteiger partial charge in [-0.3, -0.25) is 4.79 Å². The van der Waals surface area contributed by atoms with Gasteiger partial charge in [-0.2, -0.15) is 0 Å². The summed E-state index contributed by atoms with van der Waals surface area (Å²) in [6, 6.07) is 0. The van der Waals surface area contributed by atoms with Crippen molar-refractivity contribution in [1.82, 2.24) is 0 Å². The van der Waals surface area contributed by atoms with Crippen LogP contribution in [0.2, 0.25) is 0 Å². The zero-order valence-electron chi connectivity index (χ0n) is 3.36. The van der Waals surface area contributed by atoms with Gasteiger partial charge in [-0.05, 0) is 0 Å². The molecule has 0 saturated heterocycles. The molecule has 0 aromatic rings. The fourth-order valence-corrected chi connectivity index (χ4v) is 0. The van der Waals surface area contributed by atoms with E-state index in [0.29, 0.717) is 0 Å². The minimum atomic E-state index is -0.833. The molecule has 3 heteroatoms. The van der Waals surface area contributed by atoms with E-state index in [1.807, 2.05) is 0 Å². The SMILES string of the molecule is CC(=O)O.[Na]. The van der Waals surface area contributed by atoms with Gasteiger partial charge in [0.05, 0.1) is 0 Å². The van der Waals surface area contributed by atoms with Gasteiger partial charge >= 0.3 is 0 Å². The van der Waals surface area contributed by atoms with Crippen LogP contribution >= 0.6 is 0 Å². The molecule has 1 radical (unpaired) electrons. The van der Waals surface area contributed by atoms with Crippen LogP contribution in [-0.2, 0) is 4.79 Å². The van der Waals surface area contributed by atoms with Crippen molar-refractivity contribution in [2.24, 2.45) is 0 Å². The van der Waals surface area contributed by atoms with Crippen LogP contribution in [0.3, 0.4) is 0 Å². The molecule has 0 aliphatic heterocycles. The fraction of sp³-hybridized carbons (Fsp3) is 0.500. The average Bonchev–Trinajstić information content (AvgIpc) is 0.811. The van der Waals surface area contributed by atoms with E-state index in [1.165, 1.54) is 0 Å². The van der Waals surface area contributed by atoms with Gasteiger partial charge in [-0.1, -0.05) is 0 Å². The van der Waals surface area contributed by atoms with E-state index in [1.54, 1.807) is 0 Å². The van der Waals surface area contributed by atoms with Crippen molar-refractivity contribution in [3.63, 3.8) is 0 Å². The smallest absolute Gasteiger partial charge is 0.300 e. The van der Waals surface area contributed by atoms with Gasteiger partial charge in [0.25, 0.3) is 5.97 Å². The monoisotopic (exact) mass is 83.0 g/mol. The molecule has 0 aliphatic carbocycles. The Kier molecular flexibility index (Phi) is 8.11. The summed E-state index contributed by atoms with van der Waals surface area (Å²) in [5.74, 6) is -0.833. The number of hydrogen-bond acceptors (Lipinski definition) is 1. The predicted molar refractivity (Wildman–Crippen MR) is 19.1 cm³/mol. The van der Waals surface area contributed by atoms with E-state index in [9.17, 15) is 0 Å². The summed E-state index contributed by atoms with van der Waals surface area (Å²) in [4.78, 5) is 9.00. The second-order valence-corrected chi connectivity index (χ2v) is 0.519. The Bertz CT molecular complexity index is 30.6. The summed E-state index contributed by atoms with van der Waals surface area (Å²) >= 11 is 0. The standard InChI is InChI=1S/C2H4O2.Na/c1-2(3)4;/h1H3,(H,3,4);. The van der Waals surface area contributed by atoms with E-state index in [2.05, 4.69) is 0 Å². The average molecular weight is 83.0 g/mol. The van der Waals surface area contributed by atoms with Gasteiger partial charge < -0.3 is 5.11 Å². The molecule has 0 aromatic carbocycles. The van der Waals surface area contributed by atoms with E-state index in [4.69, 9.17) is 9.90 Å². The molecule has 1 N–H and O–H groups in total. The molecule has 5 heavy (non-hydrogen) atoms. The molecule has 0 atom stereocenters. The minimum absolute atomic E-state index is 0. The van der Waals surface area contributed by atoms with Crippen LogP contribution in [0.25, 0.3) is 0 Å². The largest absolute Gasteiger partial charge is 0.481 e. The molecule has 0 rings (SSSR count). The zero-order chi connectivity index (χ0) is 3.58. The molecule has 0 aliphatic rings. The van der Waals surface area contributed by atoms with Gasteiger partial charge in [-0.15, -0.1) is 0 Å². The molecular weight excluding hydrogens is 79.0 g/mol. The zero-order valence-corrected chi connectivity index (χ0v) is 5.36. The minimum Gasteiger partial charge on any atom is -0.481 e. The van der Waals surface area contributed by atoms with Crippen LogP contribution < -0.4 is 0 Å². The van der Waals surface area contributed by atoms with Crippen LogP contribution in [0.15, 0.2) is 0 Å². The maximum absolute atomic E-state index is 9.00. The summed E-state index contributed by atoms with van der Waals surface area (Å²) in [6.07, 6.45) is 0. The van der Waals surface area contributed by atoms with Crippen LogP contribution in [0.5, 0.6) is 0 Å². The normalized spacial score (nSPS) is 5.00. The maximum Gasteiger partial charge on any atom is 0.300 e. The van der Waals surface area contributed by atoms with Crippen molar-refractivity contribution in [2.75, 3.05) is 0 Å². The summed E-state index contributed by atoms with van der Waals surface area (Å²) in [6.45, 7) is 1.08. The van der Waals surface area contributed by atoms with E-state index >= 15 is 0 Å². The van der Waals surface area contributed by atoms with Crippen LogP contribution in [0.4, 0.5) is 0 Å².